The summed E-state index contributed by atoms with van der Waals surface area (Å²) >= 11 is 0. The Morgan fingerprint density at radius 3 is 2.68 bits per heavy atom. The summed E-state index contributed by atoms with van der Waals surface area (Å²) in [5.41, 5.74) is 9.46. The number of benzene rings is 2. The predicted molar refractivity (Wildman–Crippen MR) is 87.3 cm³/mol. The van der Waals surface area contributed by atoms with E-state index in [0.29, 0.717) is 5.56 Å². The number of primary amides is 1. The van der Waals surface area contributed by atoms with Crippen LogP contribution in [0.5, 0.6) is 5.75 Å². The number of amides is 1. The van der Waals surface area contributed by atoms with Gasteiger partial charge in [-0.3, -0.25) is 4.79 Å². The number of nitrogens with one attached hydrogen (secondary N) is 1. The molecule has 3 N–H and O–H groups in total. The third-order valence-electron chi connectivity index (χ3n) is 4.17. The Hall–Kier alpha value is -2.49. The lowest BCUT2D eigenvalue weighted by Gasteiger charge is -2.27. The average Bonchev–Trinajstić information content (AvgIpc) is 2.55. The van der Waals surface area contributed by atoms with Gasteiger partial charge >= 0.3 is 0 Å². The summed E-state index contributed by atoms with van der Waals surface area (Å²) in [5.74, 6) is 0.506. The van der Waals surface area contributed by atoms with Crippen LogP contribution in [-0.4, -0.2) is 13.0 Å². The summed E-state index contributed by atoms with van der Waals surface area (Å²) in [7, 11) is 1.70. The summed E-state index contributed by atoms with van der Waals surface area (Å²) in [4.78, 5) is 11.1. The van der Waals surface area contributed by atoms with Gasteiger partial charge in [0.05, 0.1) is 13.2 Å². The molecule has 4 heteroatoms. The van der Waals surface area contributed by atoms with E-state index in [4.69, 9.17) is 10.5 Å². The fourth-order valence-electron chi connectivity index (χ4n) is 3.00. The zero-order valence-corrected chi connectivity index (χ0v) is 12.6. The Morgan fingerprint density at radius 2 is 2.00 bits per heavy atom. The molecule has 0 radical (unpaired) electrons. The molecule has 1 unspecified atom stereocenters. The molecule has 0 bridgehead atoms. The van der Waals surface area contributed by atoms with E-state index in [9.17, 15) is 4.79 Å². The maximum absolute atomic E-state index is 11.1. The fourth-order valence-corrected chi connectivity index (χ4v) is 3.00. The summed E-state index contributed by atoms with van der Waals surface area (Å²) in [6.45, 7) is 0. The van der Waals surface area contributed by atoms with E-state index < -0.39 is 5.91 Å². The number of anilines is 1. The van der Waals surface area contributed by atoms with Crippen molar-refractivity contribution in [2.45, 2.75) is 25.3 Å². The van der Waals surface area contributed by atoms with Crippen LogP contribution in [0.4, 0.5) is 5.69 Å². The van der Waals surface area contributed by atoms with Gasteiger partial charge in [-0.1, -0.05) is 6.07 Å². The molecule has 0 heterocycles. The maximum atomic E-state index is 11.1. The molecular formula is C18H20N2O2. The number of hydrogen-bond donors (Lipinski definition) is 2. The Bertz CT molecular complexity index is 680. The van der Waals surface area contributed by atoms with Crippen molar-refractivity contribution < 1.29 is 9.53 Å². The normalized spacial score (nSPS) is 16.7. The van der Waals surface area contributed by atoms with Crippen molar-refractivity contribution in [2.75, 3.05) is 12.4 Å². The van der Waals surface area contributed by atoms with Crippen LogP contribution in [-0.2, 0) is 6.42 Å². The lowest BCUT2D eigenvalue weighted by Crippen LogP contribution is -2.17. The van der Waals surface area contributed by atoms with Crippen molar-refractivity contribution in [1.29, 1.82) is 0 Å². The third-order valence-corrected chi connectivity index (χ3v) is 4.17. The van der Waals surface area contributed by atoms with E-state index in [1.807, 2.05) is 18.2 Å². The van der Waals surface area contributed by atoms with Crippen LogP contribution < -0.4 is 15.8 Å². The van der Waals surface area contributed by atoms with Crippen molar-refractivity contribution in [3.63, 3.8) is 0 Å². The van der Waals surface area contributed by atoms with E-state index in [1.54, 1.807) is 19.2 Å². The van der Waals surface area contributed by atoms with Gasteiger partial charge in [0.2, 0.25) is 5.91 Å². The lowest BCUT2D eigenvalue weighted by atomic mass is 9.87. The van der Waals surface area contributed by atoms with Crippen LogP contribution in [0.15, 0.2) is 42.5 Å². The monoisotopic (exact) mass is 296 g/mol. The molecule has 0 aromatic heterocycles. The predicted octanol–water partition coefficient (Wildman–Crippen LogP) is 3.28. The van der Waals surface area contributed by atoms with E-state index in [0.717, 1.165) is 30.7 Å². The highest BCUT2D eigenvalue weighted by Gasteiger charge is 2.20. The Morgan fingerprint density at radius 1 is 1.23 bits per heavy atom. The molecule has 0 saturated heterocycles. The molecule has 0 aliphatic heterocycles. The topological polar surface area (TPSA) is 64.3 Å². The minimum Gasteiger partial charge on any atom is -0.497 e. The molecule has 114 valence electrons. The fraction of sp³-hybridized carbons (Fsp3) is 0.278. The van der Waals surface area contributed by atoms with Gasteiger partial charge in [0.25, 0.3) is 0 Å². The largest absolute Gasteiger partial charge is 0.497 e. The highest BCUT2D eigenvalue weighted by molar-refractivity contribution is 5.93. The Kier molecular flexibility index (Phi) is 4.00. The number of rotatable bonds is 4. The summed E-state index contributed by atoms with van der Waals surface area (Å²) < 4.78 is 5.31. The quantitative estimate of drug-likeness (QED) is 0.910. The van der Waals surface area contributed by atoms with Gasteiger partial charge in [-0.05, 0) is 66.8 Å². The number of fused-ring (bicyclic) bond motifs is 1. The molecular weight excluding hydrogens is 276 g/mol. The van der Waals surface area contributed by atoms with Gasteiger partial charge < -0.3 is 15.8 Å². The van der Waals surface area contributed by atoms with E-state index >= 15 is 0 Å². The number of carbonyl (C=O) groups excluding carboxylic acids is 1. The molecule has 2 aromatic rings. The van der Waals surface area contributed by atoms with Gasteiger partial charge in [-0.15, -0.1) is 0 Å². The SMILES string of the molecule is COc1ccc2c(c1)CCCC2Nc1ccc(C(N)=O)cc1. The molecule has 4 nitrogen and oxygen atoms in total. The summed E-state index contributed by atoms with van der Waals surface area (Å²) in [5, 5.41) is 3.55. The van der Waals surface area contributed by atoms with Gasteiger partial charge in [-0.25, -0.2) is 0 Å². The molecule has 3 rings (SSSR count). The zero-order valence-electron chi connectivity index (χ0n) is 12.6. The number of hydrogen-bond acceptors (Lipinski definition) is 3. The van der Waals surface area contributed by atoms with Gasteiger partial charge in [0.15, 0.2) is 0 Å². The molecule has 1 aliphatic rings. The minimum atomic E-state index is -0.401. The van der Waals surface area contributed by atoms with Crippen molar-refractivity contribution in [2.24, 2.45) is 5.73 Å². The molecule has 0 spiro atoms. The van der Waals surface area contributed by atoms with Crippen LogP contribution in [0.2, 0.25) is 0 Å². The second-order valence-corrected chi connectivity index (χ2v) is 5.60. The number of methoxy groups -OCH3 is 1. The molecule has 0 saturated carbocycles. The lowest BCUT2D eigenvalue weighted by molar-refractivity contribution is 0.100. The van der Waals surface area contributed by atoms with E-state index in [2.05, 4.69) is 17.4 Å². The van der Waals surface area contributed by atoms with Crippen LogP contribution in [0.3, 0.4) is 0 Å². The first-order chi connectivity index (χ1) is 10.7. The molecule has 2 aromatic carbocycles. The molecule has 1 aliphatic carbocycles. The number of carbonyl (C=O) groups is 1. The van der Waals surface area contributed by atoms with Crippen molar-refractivity contribution in [1.82, 2.24) is 0 Å². The third kappa shape index (κ3) is 2.91. The van der Waals surface area contributed by atoms with E-state index in [1.165, 1.54) is 11.1 Å². The first-order valence-electron chi connectivity index (χ1n) is 7.50. The van der Waals surface area contributed by atoms with Gasteiger partial charge in [0, 0.05) is 11.3 Å². The van der Waals surface area contributed by atoms with Gasteiger partial charge in [-0.2, -0.15) is 0 Å². The average molecular weight is 296 g/mol. The van der Waals surface area contributed by atoms with Gasteiger partial charge in [0.1, 0.15) is 5.75 Å². The van der Waals surface area contributed by atoms with Crippen LogP contribution in [0.25, 0.3) is 0 Å². The summed E-state index contributed by atoms with van der Waals surface area (Å²) in [6.07, 6.45) is 3.33. The number of ether oxygens (including phenoxy) is 1. The van der Waals surface area contributed by atoms with Crippen LogP contribution in [0, 0.1) is 0 Å². The first kappa shape index (κ1) is 14.4. The zero-order chi connectivity index (χ0) is 15.5. The van der Waals surface area contributed by atoms with Crippen LogP contribution in [0.1, 0.15) is 40.4 Å². The highest BCUT2D eigenvalue weighted by atomic mass is 16.5. The van der Waals surface area contributed by atoms with Crippen molar-refractivity contribution in [3.05, 3.63) is 59.2 Å². The minimum absolute atomic E-state index is 0.286. The van der Waals surface area contributed by atoms with E-state index in [-0.39, 0.29) is 6.04 Å². The molecule has 1 atom stereocenters. The maximum Gasteiger partial charge on any atom is 0.248 e. The first-order valence-corrected chi connectivity index (χ1v) is 7.50. The number of aryl methyl sites for hydroxylation is 1. The Labute approximate surface area is 130 Å². The second kappa shape index (κ2) is 6.10. The van der Waals surface area contributed by atoms with Crippen LogP contribution >= 0.6 is 0 Å². The second-order valence-electron chi connectivity index (χ2n) is 5.60. The number of nitrogens with two attached hydrogens (primary N) is 1. The molecule has 1 amide bonds. The van der Waals surface area contributed by atoms with Crippen molar-refractivity contribution >= 4 is 11.6 Å². The molecule has 0 fully saturated rings. The standard InChI is InChI=1S/C18H20N2O2/c1-22-15-9-10-16-13(11-15)3-2-4-17(16)20-14-7-5-12(6-8-14)18(19)21/h5-11,17,20H,2-4H2,1H3,(H2,19,21). The highest BCUT2D eigenvalue weighted by Crippen LogP contribution is 2.34. The smallest absolute Gasteiger partial charge is 0.248 e. The Balaban J connectivity index is 1.81. The molecule has 22 heavy (non-hydrogen) atoms. The van der Waals surface area contributed by atoms with Crippen molar-refractivity contribution in [3.8, 4) is 5.75 Å². The summed E-state index contributed by atoms with van der Waals surface area (Å²) in [6, 6.07) is 13.9.